The van der Waals surface area contributed by atoms with E-state index in [0.29, 0.717) is 34.3 Å². The van der Waals surface area contributed by atoms with E-state index < -0.39 is 5.56 Å². The number of amides is 1. The molecule has 1 aromatic heterocycles. The Kier molecular flexibility index (Phi) is 6.71. The van der Waals surface area contributed by atoms with Gasteiger partial charge in [-0.1, -0.05) is 48.0 Å². The van der Waals surface area contributed by atoms with Gasteiger partial charge in [-0.15, -0.1) is 0 Å². The lowest BCUT2D eigenvalue weighted by molar-refractivity contribution is 0.0956. The quantitative estimate of drug-likeness (QED) is 0.397. The van der Waals surface area contributed by atoms with Crippen molar-refractivity contribution in [1.82, 2.24) is 15.1 Å². The molecule has 7 nitrogen and oxygen atoms in total. The molecule has 0 aliphatic heterocycles. The summed E-state index contributed by atoms with van der Waals surface area (Å²) >= 11 is 6.30. The molecule has 8 heteroatoms. The minimum absolute atomic E-state index is 0.154. The molecule has 1 amide bonds. The molecule has 0 saturated carbocycles. The number of hydrogen-bond acceptors (Lipinski definition) is 5. The van der Waals surface area contributed by atoms with E-state index in [2.05, 4.69) is 15.7 Å². The Hall–Kier alpha value is -4.10. The second-order valence-corrected chi connectivity index (χ2v) is 7.44. The highest BCUT2D eigenvalue weighted by Gasteiger charge is 2.17. The van der Waals surface area contributed by atoms with Crippen LogP contribution in [0.2, 0.25) is 5.02 Å². The Labute approximate surface area is 195 Å². The number of para-hydroxylation sites is 2. The van der Waals surface area contributed by atoms with Gasteiger partial charge in [0.25, 0.3) is 11.5 Å². The van der Waals surface area contributed by atoms with Crippen LogP contribution < -0.4 is 20.9 Å². The largest absolute Gasteiger partial charge is 0.453 e. The number of halogens is 1. The lowest BCUT2D eigenvalue weighted by Gasteiger charge is -2.15. The number of benzene rings is 3. The van der Waals surface area contributed by atoms with Crippen LogP contribution in [0.1, 0.15) is 17.3 Å². The van der Waals surface area contributed by atoms with Crippen molar-refractivity contribution in [3.05, 3.63) is 106 Å². The van der Waals surface area contributed by atoms with Crippen LogP contribution in [0.4, 0.5) is 11.4 Å². The molecular weight excluding hydrogens is 440 g/mol. The monoisotopic (exact) mass is 460 g/mol. The molecule has 3 aromatic carbocycles. The fraction of sp³-hybridized carbons (Fsp3) is 0.0800. The topological polar surface area (TPSA) is 85.2 Å². The van der Waals surface area contributed by atoms with E-state index in [-0.39, 0.29) is 17.3 Å². The molecule has 0 radical (unpaired) electrons. The molecule has 0 fully saturated rings. The van der Waals surface area contributed by atoms with Crippen LogP contribution in [0.25, 0.3) is 5.69 Å². The zero-order chi connectivity index (χ0) is 23.2. The number of anilines is 2. The highest BCUT2D eigenvalue weighted by Crippen LogP contribution is 2.29. The van der Waals surface area contributed by atoms with Gasteiger partial charge in [-0.3, -0.25) is 9.59 Å². The van der Waals surface area contributed by atoms with Gasteiger partial charge < -0.3 is 15.4 Å². The molecule has 0 aliphatic carbocycles. The number of nitrogens with one attached hydrogen (secondary N) is 2. The minimum atomic E-state index is -0.458. The summed E-state index contributed by atoms with van der Waals surface area (Å²) in [6.45, 7) is 2.36. The zero-order valence-corrected chi connectivity index (χ0v) is 18.5. The first kappa shape index (κ1) is 22.1. The third-order valence-corrected chi connectivity index (χ3v) is 5.05. The normalized spacial score (nSPS) is 10.5. The molecule has 0 unspecified atom stereocenters. The Morgan fingerprint density at radius 1 is 1.03 bits per heavy atom. The Balaban J connectivity index is 1.79. The number of carbonyl (C=O) groups excluding carboxylic acids is 1. The number of rotatable bonds is 7. The van der Waals surface area contributed by atoms with Gasteiger partial charge in [-0.05, 0) is 49.4 Å². The second kappa shape index (κ2) is 10.0. The van der Waals surface area contributed by atoms with Gasteiger partial charge in [0.05, 0.1) is 16.9 Å². The molecule has 0 spiro atoms. The molecule has 33 heavy (non-hydrogen) atoms. The van der Waals surface area contributed by atoms with E-state index in [1.165, 1.54) is 10.9 Å². The van der Waals surface area contributed by atoms with E-state index >= 15 is 0 Å². The van der Waals surface area contributed by atoms with E-state index in [9.17, 15) is 9.59 Å². The summed E-state index contributed by atoms with van der Waals surface area (Å²) in [5.74, 6) is 0.580. The Morgan fingerprint density at radius 2 is 1.79 bits per heavy atom. The highest BCUT2D eigenvalue weighted by molar-refractivity contribution is 6.32. The standard InChI is InChI=1S/C25H21ClN4O3/c1-2-27-24(31)17-9-8-10-18(15-17)29-23-22(33-19-11-4-3-5-12-19)16-28-30(25(23)32)21-14-7-6-13-20(21)26/h3-16,29H,2H2,1H3,(H,27,31). The van der Waals surface area contributed by atoms with Crippen molar-refractivity contribution in [1.29, 1.82) is 0 Å². The number of ether oxygens (including phenoxy) is 1. The Morgan fingerprint density at radius 3 is 2.55 bits per heavy atom. The average Bonchev–Trinajstić information content (AvgIpc) is 2.83. The Bertz CT molecular complexity index is 1340. The summed E-state index contributed by atoms with van der Waals surface area (Å²) in [5.41, 5.74) is 1.15. The average molecular weight is 461 g/mol. The molecule has 4 rings (SSSR count). The van der Waals surface area contributed by atoms with Crippen LogP contribution >= 0.6 is 11.6 Å². The van der Waals surface area contributed by atoms with E-state index in [1.54, 1.807) is 60.7 Å². The summed E-state index contributed by atoms with van der Waals surface area (Å²) in [6.07, 6.45) is 1.45. The second-order valence-electron chi connectivity index (χ2n) is 7.03. The third-order valence-electron chi connectivity index (χ3n) is 4.73. The smallest absolute Gasteiger partial charge is 0.299 e. The summed E-state index contributed by atoms with van der Waals surface area (Å²) in [7, 11) is 0. The number of carbonyl (C=O) groups is 1. The molecule has 0 bridgehead atoms. The van der Waals surface area contributed by atoms with Crippen LogP contribution in [0, 0.1) is 0 Å². The van der Waals surface area contributed by atoms with Gasteiger partial charge in [0.15, 0.2) is 11.4 Å². The molecular formula is C25H21ClN4O3. The SMILES string of the molecule is CCNC(=O)c1cccc(Nc2c(Oc3ccccc3)cnn(-c3ccccc3Cl)c2=O)c1. The van der Waals surface area contributed by atoms with Crippen molar-refractivity contribution < 1.29 is 9.53 Å². The first-order valence-corrected chi connectivity index (χ1v) is 10.7. The molecule has 2 N–H and O–H groups in total. The first-order valence-electron chi connectivity index (χ1n) is 10.3. The maximum absolute atomic E-state index is 13.5. The van der Waals surface area contributed by atoms with Crippen LogP contribution in [0.15, 0.2) is 89.9 Å². The fourth-order valence-corrected chi connectivity index (χ4v) is 3.40. The van der Waals surface area contributed by atoms with Gasteiger partial charge in [-0.2, -0.15) is 9.78 Å². The predicted octanol–water partition coefficient (Wildman–Crippen LogP) is 5.17. The molecule has 166 valence electrons. The summed E-state index contributed by atoms with van der Waals surface area (Å²) in [5, 5.41) is 10.5. The summed E-state index contributed by atoms with van der Waals surface area (Å²) in [6, 6.07) is 22.9. The van der Waals surface area contributed by atoms with Crippen molar-refractivity contribution in [2.24, 2.45) is 0 Å². The lowest BCUT2D eigenvalue weighted by Crippen LogP contribution is -2.24. The van der Waals surface area contributed by atoms with Gasteiger partial charge in [0.2, 0.25) is 0 Å². The van der Waals surface area contributed by atoms with Crippen LogP contribution in [0.5, 0.6) is 11.5 Å². The van der Waals surface area contributed by atoms with E-state index in [0.717, 1.165) is 0 Å². The number of hydrogen-bond donors (Lipinski definition) is 2. The van der Waals surface area contributed by atoms with Crippen LogP contribution in [-0.2, 0) is 0 Å². The molecule has 0 aliphatic rings. The van der Waals surface area contributed by atoms with Crippen molar-refractivity contribution >= 4 is 28.9 Å². The van der Waals surface area contributed by atoms with Crippen molar-refractivity contribution in [3.8, 4) is 17.2 Å². The predicted molar refractivity (Wildman–Crippen MR) is 129 cm³/mol. The van der Waals surface area contributed by atoms with Crippen molar-refractivity contribution in [2.75, 3.05) is 11.9 Å². The van der Waals surface area contributed by atoms with E-state index in [1.807, 2.05) is 25.1 Å². The van der Waals surface area contributed by atoms with E-state index in [4.69, 9.17) is 16.3 Å². The van der Waals surface area contributed by atoms with Gasteiger partial charge in [0, 0.05) is 17.8 Å². The molecule has 1 heterocycles. The molecule has 4 aromatic rings. The summed E-state index contributed by atoms with van der Waals surface area (Å²) in [4.78, 5) is 25.7. The zero-order valence-electron chi connectivity index (χ0n) is 17.8. The van der Waals surface area contributed by atoms with Crippen molar-refractivity contribution in [3.63, 3.8) is 0 Å². The van der Waals surface area contributed by atoms with Gasteiger partial charge in [-0.25, -0.2) is 0 Å². The minimum Gasteiger partial charge on any atom is -0.453 e. The molecule has 0 saturated heterocycles. The van der Waals surface area contributed by atoms with Crippen LogP contribution in [-0.4, -0.2) is 22.2 Å². The van der Waals surface area contributed by atoms with Crippen LogP contribution in [0.3, 0.4) is 0 Å². The maximum atomic E-state index is 13.5. The number of aromatic nitrogens is 2. The molecule has 0 atom stereocenters. The first-order chi connectivity index (χ1) is 16.1. The highest BCUT2D eigenvalue weighted by atomic mass is 35.5. The van der Waals surface area contributed by atoms with Gasteiger partial charge >= 0.3 is 0 Å². The summed E-state index contributed by atoms with van der Waals surface area (Å²) < 4.78 is 7.15. The van der Waals surface area contributed by atoms with Crippen molar-refractivity contribution in [2.45, 2.75) is 6.92 Å². The van der Waals surface area contributed by atoms with Gasteiger partial charge in [0.1, 0.15) is 5.75 Å². The fourth-order valence-electron chi connectivity index (χ4n) is 3.19. The lowest BCUT2D eigenvalue weighted by atomic mass is 10.2. The third kappa shape index (κ3) is 5.05. The number of nitrogens with zero attached hydrogens (tertiary/aromatic N) is 2. The maximum Gasteiger partial charge on any atom is 0.299 e.